The maximum absolute atomic E-state index is 12.7. The quantitative estimate of drug-likeness (QED) is 0.245. The van der Waals surface area contributed by atoms with Gasteiger partial charge in [0.25, 0.3) is 5.56 Å². The van der Waals surface area contributed by atoms with Gasteiger partial charge in [-0.1, -0.05) is 85.5 Å². The molecule has 1 amide bonds. The summed E-state index contributed by atoms with van der Waals surface area (Å²) in [5.74, 6) is 0.240. The number of hydrogen-bond acceptors (Lipinski definition) is 4. The number of nitrogens with zero attached hydrogens (tertiary/aromatic N) is 1. The van der Waals surface area contributed by atoms with Gasteiger partial charge in [0.2, 0.25) is 15.9 Å². The van der Waals surface area contributed by atoms with E-state index in [0.29, 0.717) is 29.2 Å². The van der Waals surface area contributed by atoms with Crippen molar-refractivity contribution in [1.82, 2.24) is 9.78 Å². The molecule has 8 nitrogen and oxygen atoms in total. The molecule has 202 valence electrons. The summed E-state index contributed by atoms with van der Waals surface area (Å²) in [7, 11) is -3.43. The molecule has 0 spiro atoms. The van der Waals surface area contributed by atoms with Crippen LogP contribution in [0.1, 0.15) is 97.5 Å². The van der Waals surface area contributed by atoms with Crippen LogP contribution in [0.3, 0.4) is 0 Å². The van der Waals surface area contributed by atoms with Gasteiger partial charge in [0.15, 0.2) is 0 Å². The molecule has 3 N–H and O–H groups in total. The number of carbonyl (C=O) groups is 1. The second kappa shape index (κ2) is 13.7. The highest BCUT2D eigenvalue weighted by Crippen LogP contribution is 2.19. The zero-order valence-electron chi connectivity index (χ0n) is 22.6. The SMILES string of the molecule is CCCCCCCCCCCCS(=O)(=O)Nc1ccc(-n2[nH]c(NC(=O)C(C)(C)C)c(C)c2=O)cc1. The van der Waals surface area contributed by atoms with E-state index in [1.807, 2.05) is 0 Å². The largest absolute Gasteiger partial charge is 0.310 e. The normalized spacial score (nSPS) is 12.0. The maximum Gasteiger partial charge on any atom is 0.276 e. The van der Waals surface area contributed by atoms with Gasteiger partial charge in [0, 0.05) is 11.1 Å². The fraction of sp³-hybridized carbons (Fsp3) is 0.630. The van der Waals surface area contributed by atoms with E-state index in [4.69, 9.17) is 0 Å². The Morgan fingerprint density at radius 1 is 0.917 bits per heavy atom. The van der Waals surface area contributed by atoms with Crippen molar-refractivity contribution >= 4 is 27.4 Å². The highest BCUT2D eigenvalue weighted by Gasteiger charge is 2.23. The van der Waals surface area contributed by atoms with Crippen LogP contribution in [0.4, 0.5) is 11.5 Å². The van der Waals surface area contributed by atoms with Gasteiger partial charge in [-0.25, -0.2) is 13.1 Å². The zero-order valence-corrected chi connectivity index (χ0v) is 23.4. The summed E-state index contributed by atoms with van der Waals surface area (Å²) in [6.07, 6.45) is 11.5. The van der Waals surface area contributed by atoms with E-state index in [2.05, 4.69) is 22.1 Å². The van der Waals surface area contributed by atoms with E-state index in [9.17, 15) is 18.0 Å². The van der Waals surface area contributed by atoms with Gasteiger partial charge in [0.1, 0.15) is 5.82 Å². The Labute approximate surface area is 216 Å². The predicted molar refractivity (Wildman–Crippen MR) is 148 cm³/mol. The summed E-state index contributed by atoms with van der Waals surface area (Å²) >= 11 is 0. The van der Waals surface area contributed by atoms with E-state index in [0.717, 1.165) is 12.8 Å². The fourth-order valence-electron chi connectivity index (χ4n) is 3.81. The Kier molecular flexibility index (Phi) is 11.3. The van der Waals surface area contributed by atoms with Gasteiger partial charge in [-0.15, -0.1) is 0 Å². The first kappa shape index (κ1) is 29.7. The lowest BCUT2D eigenvalue weighted by Gasteiger charge is -2.17. The summed E-state index contributed by atoms with van der Waals surface area (Å²) in [4.78, 5) is 25.0. The van der Waals surface area contributed by atoms with Crippen molar-refractivity contribution in [2.45, 2.75) is 98.8 Å². The Morgan fingerprint density at radius 3 is 1.97 bits per heavy atom. The summed E-state index contributed by atoms with van der Waals surface area (Å²) in [5, 5.41) is 5.69. The Balaban J connectivity index is 1.85. The van der Waals surface area contributed by atoms with Crippen molar-refractivity contribution in [3.05, 3.63) is 40.2 Å². The fourth-order valence-corrected chi connectivity index (χ4v) is 5.00. The Morgan fingerprint density at radius 2 is 1.44 bits per heavy atom. The molecular weight excluding hydrogens is 476 g/mol. The topological polar surface area (TPSA) is 113 Å². The van der Waals surface area contributed by atoms with Crippen molar-refractivity contribution < 1.29 is 13.2 Å². The van der Waals surface area contributed by atoms with Crippen molar-refractivity contribution in [2.24, 2.45) is 5.41 Å². The number of carbonyl (C=O) groups excluding carboxylic acids is 1. The van der Waals surface area contributed by atoms with Crippen molar-refractivity contribution in [1.29, 1.82) is 0 Å². The minimum Gasteiger partial charge on any atom is -0.310 e. The van der Waals surface area contributed by atoms with Crippen LogP contribution in [-0.2, 0) is 14.8 Å². The number of unbranched alkanes of at least 4 members (excludes halogenated alkanes) is 9. The Bertz CT molecular complexity index is 1130. The maximum atomic E-state index is 12.7. The number of anilines is 2. The van der Waals surface area contributed by atoms with E-state index in [1.165, 1.54) is 49.6 Å². The highest BCUT2D eigenvalue weighted by molar-refractivity contribution is 7.92. The lowest BCUT2D eigenvalue weighted by molar-refractivity contribution is -0.123. The second-order valence-electron chi connectivity index (χ2n) is 10.6. The third kappa shape index (κ3) is 9.48. The molecule has 0 aliphatic rings. The second-order valence-corrected chi connectivity index (χ2v) is 12.4. The summed E-state index contributed by atoms with van der Waals surface area (Å²) in [6.45, 7) is 9.25. The molecule has 2 rings (SSSR count). The number of sulfonamides is 1. The number of benzene rings is 1. The highest BCUT2D eigenvalue weighted by atomic mass is 32.2. The molecule has 1 aromatic carbocycles. The summed E-state index contributed by atoms with van der Waals surface area (Å²) < 4.78 is 28.9. The smallest absolute Gasteiger partial charge is 0.276 e. The first-order valence-corrected chi connectivity index (χ1v) is 14.8. The van der Waals surface area contributed by atoms with E-state index >= 15 is 0 Å². The monoisotopic (exact) mass is 520 g/mol. The van der Waals surface area contributed by atoms with Gasteiger partial charge in [-0.05, 0) is 37.6 Å². The first-order valence-electron chi connectivity index (χ1n) is 13.2. The number of aromatic amines is 1. The molecule has 2 aromatic rings. The molecule has 1 aromatic heterocycles. The van der Waals surface area contributed by atoms with Gasteiger partial charge in [-0.2, -0.15) is 0 Å². The third-order valence-electron chi connectivity index (χ3n) is 6.21. The van der Waals surface area contributed by atoms with E-state index < -0.39 is 15.4 Å². The zero-order chi connectivity index (χ0) is 26.8. The van der Waals surface area contributed by atoms with Gasteiger partial charge in [0.05, 0.1) is 17.0 Å². The lowest BCUT2D eigenvalue weighted by atomic mass is 9.96. The Hall–Kier alpha value is -2.55. The first-order chi connectivity index (χ1) is 16.9. The molecule has 0 atom stereocenters. The van der Waals surface area contributed by atoms with Crippen LogP contribution in [0.15, 0.2) is 29.1 Å². The number of rotatable bonds is 15. The molecule has 0 bridgehead atoms. The number of H-pyrrole nitrogens is 1. The molecular formula is C27H44N4O4S. The van der Waals surface area contributed by atoms with Crippen molar-refractivity contribution in [2.75, 3.05) is 15.8 Å². The van der Waals surface area contributed by atoms with Crippen LogP contribution >= 0.6 is 0 Å². The number of nitrogens with one attached hydrogen (secondary N) is 3. The molecule has 36 heavy (non-hydrogen) atoms. The van der Waals surface area contributed by atoms with Gasteiger partial charge < -0.3 is 5.32 Å². The minimum atomic E-state index is -3.43. The molecule has 9 heteroatoms. The molecule has 0 saturated heterocycles. The molecule has 0 aliphatic carbocycles. The average molecular weight is 521 g/mol. The van der Waals surface area contributed by atoms with Crippen LogP contribution < -0.4 is 15.6 Å². The van der Waals surface area contributed by atoms with E-state index in [-0.39, 0.29) is 17.2 Å². The number of hydrogen-bond donors (Lipinski definition) is 3. The van der Waals surface area contributed by atoms with Crippen LogP contribution in [0.2, 0.25) is 0 Å². The van der Waals surface area contributed by atoms with Crippen LogP contribution in [0, 0.1) is 12.3 Å². The molecule has 0 unspecified atom stereocenters. The van der Waals surface area contributed by atoms with Crippen molar-refractivity contribution in [3.63, 3.8) is 0 Å². The molecule has 0 saturated carbocycles. The average Bonchev–Trinajstić information content (AvgIpc) is 3.08. The van der Waals surface area contributed by atoms with E-state index in [1.54, 1.807) is 52.0 Å². The van der Waals surface area contributed by atoms with Crippen LogP contribution in [0.5, 0.6) is 0 Å². The molecule has 1 heterocycles. The standard InChI is InChI=1S/C27H44N4O4S/c1-6-7-8-9-10-11-12-13-14-15-20-36(34,35)30-22-16-18-23(19-17-22)31-25(32)21(2)24(29-31)28-26(33)27(3,4)5/h16-19,29-30H,6-15,20H2,1-5H3,(H,28,33). The minimum absolute atomic E-state index is 0.0946. The van der Waals surface area contributed by atoms with Gasteiger partial charge >= 0.3 is 0 Å². The molecule has 0 radical (unpaired) electrons. The summed E-state index contributed by atoms with van der Waals surface area (Å²) in [6, 6.07) is 6.57. The third-order valence-corrected chi connectivity index (χ3v) is 7.58. The van der Waals surface area contributed by atoms with Gasteiger partial charge in [-0.3, -0.25) is 19.4 Å². The van der Waals surface area contributed by atoms with Crippen molar-refractivity contribution in [3.8, 4) is 5.69 Å². The number of amides is 1. The molecule has 0 aliphatic heterocycles. The summed E-state index contributed by atoms with van der Waals surface area (Å²) in [5.41, 5.74) is 0.501. The van der Waals surface area contributed by atoms with Crippen LogP contribution in [0.25, 0.3) is 5.69 Å². The predicted octanol–water partition coefficient (Wildman–Crippen LogP) is 6.12. The number of aromatic nitrogens is 2. The van der Waals surface area contributed by atoms with Crippen LogP contribution in [-0.4, -0.2) is 29.9 Å². The molecule has 0 fully saturated rings. The lowest BCUT2D eigenvalue weighted by Crippen LogP contribution is -2.28.